The molecule has 6 heteroatoms. The van der Waals surface area contributed by atoms with Crippen molar-refractivity contribution in [2.75, 3.05) is 19.8 Å². The summed E-state index contributed by atoms with van der Waals surface area (Å²) in [5.41, 5.74) is 3.23. The highest BCUT2D eigenvalue weighted by atomic mass is 16.5. The highest BCUT2D eigenvalue weighted by Crippen LogP contribution is 2.18. The van der Waals surface area contributed by atoms with E-state index in [9.17, 15) is 4.79 Å². The van der Waals surface area contributed by atoms with Gasteiger partial charge in [0.25, 0.3) is 5.91 Å². The van der Waals surface area contributed by atoms with Gasteiger partial charge < -0.3 is 14.2 Å². The fourth-order valence-corrected chi connectivity index (χ4v) is 2.20. The Bertz CT molecular complexity index is 729. The molecule has 27 heavy (non-hydrogen) atoms. The Balaban J connectivity index is 1.76. The second-order valence-electron chi connectivity index (χ2n) is 5.73. The molecule has 1 N–H and O–H groups in total. The molecule has 1 amide bonds. The molecule has 0 aromatic heterocycles. The summed E-state index contributed by atoms with van der Waals surface area (Å²) >= 11 is 0. The quantitative estimate of drug-likeness (QED) is 0.371. The molecule has 0 aliphatic rings. The van der Waals surface area contributed by atoms with Gasteiger partial charge in [0, 0.05) is 5.56 Å². The van der Waals surface area contributed by atoms with Crippen LogP contribution < -0.4 is 19.6 Å². The Hall–Kier alpha value is -3.02. The monoisotopic (exact) mass is 370 g/mol. The fourth-order valence-electron chi connectivity index (χ4n) is 2.20. The number of rotatable bonds is 11. The van der Waals surface area contributed by atoms with E-state index < -0.39 is 0 Å². The number of hydrazone groups is 1. The van der Waals surface area contributed by atoms with Crippen LogP contribution in [0.4, 0.5) is 0 Å². The maximum Gasteiger partial charge on any atom is 0.277 e. The molecule has 0 heterocycles. The van der Waals surface area contributed by atoms with Gasteiger partial charge in [0.05, 0.1) is 19.4 Å². The number of nitrogens with zero attached hydrogens (tertiary/aromatic N) is 1. The minimum Gasteiger partial charge on any atom is -0.494 e. The number of carbonyl (C=O) groups is 1. The molecule has 0 spiro atoms. The van der Waals surface area contributed by atoms with E-state index >= 15 is 0 Å². The first-order valence-corrected chi connectivity index (χ1v) is 9.12. The zero-order chi connectivity index (χ0) is 19.3. The molecule has 0 aliphatic carbocycles. The first-order valence-electron chi connectivity index (χ1n) is 9.12. The lowest BCUT2D eigenvalue weighted by Gasteiger charge is -2.08. The second-order valence-corrected chi connectivity index (χ2v) is 5.73. The van der Waals surface area contributed by atoms with E-state index in [0.717, 1.165) is 29.9 Å². The van der Waals surface area contributed by atoms with Crippen molar-refractivity contribution in [1.82, 2.24) is 5.43 Å². The summed E-state index contributed by atoms with van der Waals surface area (Å²) in [7, 11) is 0. The molecule has 2 aromatic carbocycles. The highest BCUT2D eigenvalue weighted by molar-refractivity contribution is 5.85. The lowest BCUT2D eigenvalue weighted by molar-refractivity contribution is -0.123. The highest BCUT2D eigenvalue weighted by Gasteiger charge is 2.03. The van der Waals surface area contributed by atoms with Crippen molar-refractivity contribution in [3.05, 3.63) is 54.1 Å². The number of unbranched alkanes of at least 4 members (excludes halogenated alkanes) is 1. The first-order chi connectivity index (χ1) is 13.2. The molecule has 6 nitrogen and oxygen atoms in total. The van der Waals surface area contributed by atoms with Gasteiger partial charge in [-0.25, -0.2) is 5.43 Å². The third kappa shape index (κ3) is 7.40. The topological polar surface area (TPSA) is 69.2 Å². The number of hydrogen-bond acceptors (Lipinski definition) is 5. The van der Waals surface area contributed by atoms with E-state index in [-0.39, 0.29) is 12.5 Å². The standard InChI is InChI=1S/C21H26N2O4/c1-3-5-14-26-18-10-12-19(13-11-18)27-16-21(24)23-22-15-17-8-6-7-9-20(17)25-4-2/h6-13,15H,3-5,14,16H2,1-2H3,(H,23,24). The zero-order valence-electron chi connectivity index (χ0n) is 15.8. The van der Waals surface area contributed by atoms with Crippen LogP contribution in [0.25, 0.3) is 0 Å². The van der Waals surface area contributed by atoms with Crippen LogP contribution in [0.15, 0.2) is 53.6 Å². The largest absolute Gasteiger partial charge is 0.494 e. The molecule has 0 atom stereocenters. The number of carbonyl (C=O) groups excluding carboxylic acids is 1. The van der Waals surface area contributed by atoms with Crippen LogP contribution in [0.5, 0.6) is 17.2 Å². The lowest BCUT2D eigenvalue weighted by atomic mass is 10.2. The molecule has 2 rings (SSSR count). The van der Waals surface area contributed by atoms with Crippen molar-refractivity contribution < 1.29 is 19.0 Å². The van der Waals surface area contributed by atoms with Crippen LogP contribution in [0.3, 0.4) is 0 Å². The van der Waals surface area contributed by atoms with Gasteiger partial charge >= 0.3 is 0 Å². The number of benzene rings is 2. The summed E-state index contributed by atoms with van der Waals surface area (Å²) in [6, 6.07) is 14.7. The number of amides is 1. The summed E-state index contributed by atoms with van der Waals surface area (Å²) < 4.78 is 16.5. The van der Waals surface area contributed by atoms with E-state index in [4.69, 9.17) is 14.2 Å². The fraction of sp³-hybridized carbons (Fsp3) is 0.333. The van der Waals surface area contributed by atoms with E-state index in [1.807, 2.05) is 43.3 Å². The minimum atomic E-state index is -0.344. The molecule has 0 bridgehead atoms. The van der Waals surface area contributed by atoms with Crippen molar-refractivity contribution in [2.45, 2.75) is 26.7 Å². The molecule has 2 aromatic rings. The summed E-state index contributed by atoms with van der Waals surface area (Å²) in [5, 5.41) is 3.95. The van der Waals surface area contributed by atoms with Gasteiger partial charge in [0.2, 0.25) is 0 Å². The Kier molecular flexibility index (Phi) is 8.69. The van der Waals surface area contributed by atoms with Gasteiger partial charge in [-0.3, -0.25) is 4.79 Å². The average Bonchev–Trinajstić information content (AvgIpc) is 2.69. The normalized spacial score (nSPS) is 10.6. The maximum absolute atomic E-state index is 11.9. The average molecular weight is 370 g/mol. The maximum atomic E-state index is 11.9. The second kappa shape index (κ2) is 11.6. The first kappa shape index (κ1) is 20.3. The molecule has 0 fully saturated rings. The summed E-state index contributed by atoms with van der Waals surface area (Å²) in [5.74, 6) is 1.76. The summed E-state index contributed by atoms with van der Waals surface area (Å²) in [4.78, 5) is 11.9. The molecule has 0 unspecified atom stereocenters. The molecule has 0 saturated heterocycles. The van der Waals surface area contributed by atoms with Crippen LogP contribution in [-0.2, 0) is 4.79 Å². The van der Waals surface area contributed by atoms with Crippen LogP contribution in [-0.4, -0.2) is 31.9 Å². The molecular formula is C21H26N2O4. The van der Waals surface area contributed by atoms with E-state index in [1.165, 1.54) is 0 Å². The molecule has 0 saturated carbocycles. The molecular weight excluding hydrogens is 344 g/mol. The number of ether oxygens (including phenoxy) is 3. The van der Waals surface area contributed by atoms with Gasteiger partial charge in [0.15, 0.2) is 6.61 Å². The van der Waals surface area contributed by atoms with E-state index in [0.29, 0.717) is 19.0 Å². The predicted molar refractivity (Wildman–Crippen MR) is 106 cm³/mol. The zero-order valence-corrected chi connectivity index (χ0v) is 15.8. The summed E-state index contributed by atoms with van der Waals surface area (Å²) in [6.07, 6.45) is 3.66. The third-order valence-corrected chi connectivity index (χ3v) is 3.57. The molecule has 0 aliphatic heterocycles. The SMILES string of the molecule is CCCCOc1ccc(OCC(=O)NN=Cc2ccccc2OCC)cc1. The minimum absolute atomic E-state index is 0.125. The van der Waals surface area contributed by atoms with Crippen molar-refractivity contribution in [2.24, 2.45) is 5.10 Å². The van der Waals surface area contributed by atoms with Crippen LogP contribution in [0.1, 0.15) is 32.3 Å². The van der Waals surface area contributed by atoms with E-state index in [1.54, 1.807) is 18.3 Å². The Morgan fingerprint density at radius 2 is 1.70 bits per heavy atom. The van der Waals surface area contributed by atoms with Gasteiger partial charge in [0.1, 0.15) is 17.2 Å². The van der Waals surface area contributed by atoms with Crippen molar-refractivity contribution in [3.63, 3.8) is 0 Å². The molecule has 144 valence electrons. The smallest absolute Gasteiger partial charge is 0.277 e. The van der Waals surface area contributed by atoms with Crippen LogP contribution in [0, 0.1) is 0 Å². The van der Waals surface area contributed by atoms with Crippen LogP contribution in [0.2, 0.25) is 0 Å². The van der Waals surface area contributed by atoms with Gasteiger partial charge in [-0.15, -0.1) is 0 Å². The number of para-hydroxylation sites is 1. The van der Waals surface area contributed by atoms with E-state index in [2.05, 4.69) is 17.5 Å². The summed E-state index contributed by atoms with van der Waals surface area (Å²) in [6.45, 7) is 5.17. The number of nitrogens with one attached hydrogen (secondary N) is 1. The van der Waals surface area contributed by atoms with Crippen molar-refractivity contribution in [1.29, 1.82) is 0 Å². The third-order valence-electron chi connectivity index (χ3n) is 3.57. The van der Waals surface area contributed by atoms with Crippen LogP contribution >= 0.6 is 0 Å². The Labute approximate surface area is 160 Å². The Morgan fingerprint density at radius 1 is 1.00 bits per heavy atom. The van der Waals surface area contributed by atoms with Gasteiger partial charge in [-0.05, 0) is 49.7 Å². The number of hydrogen-bond donors (Lipinski definition) is 1. The van der Waals surface area contributed by atoms with Crippen molar-refractivity contribution in [3.8, 4) is 17.2 Å². The lowest BCUT2D eigenvalue weighted by Crippen LogP contribution is -2.24. The van der Waals surface area contributed by atoms with Crippen molar-refractivity contribution >= 4 is 12.1 Å². The predicted octanol–water partition coefficient (Wildman–Crippen LogP) is 3.79. The molecule has 0 radical (unpaired) electrons. The Morgan fingerprint density at radius 3 is 2.41 bits per heavy atom. The van der Waals surface area contributed by atoms with Gasteiger partial charge in [-0.2, -0.15) is 5.10 Å². The van der Waals surface area contributed by atoms with Gasteiger partial charge in [-0.1, -0.05) is 25.5 Å².